The van der Waals surface area contributed by atoms with Crippen molar-refractivity contribution in [2.45, 2.75) is 33.3 Å². The largest absolute Gasteiger partial charge is 0.456 e. The molecule has 0 aliphatic carbocycles. The molecule has 1 amide bonds. The number of carbonyl (C=O) groups is 3. The van der Waals surface area contributed by atoms with Crippen LogP contribution >= 0.6 is 0 Å². The first-order valence-electron chi connectivity index (χ1n) is 8.86. The van der Waals surface area contributed by atoms with Gasteiger partial charge in [0.25, 0.3) is 5.91 Å². The summed E-state index contributed by atoms with van der Waals surface area (Å²) in [6.07, 6.45) is -0.224. The highest BCUT2D eigenvalue weighted by Gasteiger charge is 2.15. The van der Waals surface area contributed by atoms with E-state index in [1.54, 1.807) is 12.1 Å². The van der Waals surface area contributed by atoms with Gasteiger partial charge in [0.1, 0.15) is 5.75 Å². The van der Waals surface area contributed by atoms with Crippen LogP contribution in [-0.2, 0) is 14.3 Å². The van der Waals surface area contributed by atoms with Gasteiger partial charge < -0.3 is 14.8 Å². The van der Waals surface area contributed by atoms with E-state index < -0.39 is 25.1 Å². The normalized spacial score (nSPS) is 10.5. The first-order valence-corrected chi connectivity index (χ1v) is 8.86. The molecule has 0 bridgehead atoms. The summed E-state index contributed by atoms with van der Waals surface area (Å²) in [5, 5.41) is 2.33. The van der Waals surface area contributed by atoms with Crippen molar-refractivity contribution in [3.8, 4) is 5.75 Å². The van der Waals surface area contributed by atoms with Crippen LogP contribution in [0.15, 0.2) is 42.5 Å². The van der Waals surface area contributed by atoms with Gasteiger partial charge in [-0.25, -0.2) is 0 Å². The predicted molar refractivity (Wildman–Crippen MR) is 102 cm³/mol. The SMILES string of the molecule is Cc1ccc(C(=O)CCC(=O)OCC(=O)Nc2ccccc2OC(F)F)cc1C. The van der Waals surface area contributed by atoms with Crippen LogP contribution < -0.4 is 10.1 Å². The smallest absolute Gasteiger partial charge is 0.387 e. The summed E-state index contributed by atoms with van der Waals surface area (Å²) in [5.41, 5.74) is 2.58. The Balaban J connectivity index is 1.79. The van der Waals surface area contributed by atoms with Gasteiger partial charge in [-0.2, -0.15) is 8.78 Å². The summed E-state index contributed by atoms with van der Waals surface area (Å²) in [6.45, 7) is 0.174. The Bertz CT molecular complexity index is 898. The number of para-hydroxylation sites is 2. The van der Waals surface area contributed by atoms with Crippen molar-refractivity contribution in [2.75, 3.05) is 11.9 Å². The number of anilines is 1. The summed E-state index contributed by atoms with van der Waals surface area (Å²) in [4.78, 5) is 35.8. The van der Waals surface area contributed by atoms with Crippen molar-refractivity contribution < 1.29 is 32.6 Å². The van der Waals surface area contributed by atoms with Gasteiger partial charge in [0, 0.05) is 12.0 Å². The number of hydrogen-bond acceptors (Lipinski definition) is 5. The fourth-order valence-corrected chi connectivity index (χ4v) is 2.45. The summed E-state index contributed by atoms with van der Waals surface area (Å²) >= 11 is 0. The lowest BCUT2D eigenvalue weighted by Gasteiger charge is -2.11. The molecule has 0 aliphatic rings. The molecule has 1 N–H and O–H groups in total. The fraction of sp³-hybridized carbons (Fsp3) is 0.286. The molecule has 0 spiro atoms. The van der Waals surface area contributed by atoms with E-state index in [-0.39, 0.29) is 30.1 Å². The minimum absolute atomic E-state index is 0.0266. The zero-order valence-corrected chi connectivity index (χ0v) is 16.0. The molecule has 0 heterocycles. The maximum atomic E-state index is 12.4. The lowest BCUT2D eigenvalue weighted by atomic mass is 10.0. The second-order valence-corrected chi connectivity index (χ2v) is 6.31. The van der Waals surface area contributed by atoms with E-state index in [4.69, 9.17) is 4.74 Å². The number of ketones is 1. The molecular weight excluding hydrogens is 384 g/mol. The molecule has 2 aromatic carbocycles. The number of hydrogen-bond donors (Lipinski definition) is 1. The second-order valence-electron chi connectivity index (χ2n) is 6.31. The maximum Gasteiger partial charge on any atom is 0.387 e. The van der Waals surface area contributed by atoms with Crippen LogP contribution in [0.1, 0.15) is 34.3 Å². The lowest BCUT2D eigenvalue weighted by Crippen LogP contribution is -2.21. The van der Waals surface area contributed by atoms with E-state index in [1.165, 1.54) is 24.3 Å². The van der Waals surface area contributed by atoms with Crippen LogP contribution in [0.25, 0.3) is 0 Å². The third-order valence-electron chi connectivity index (χ3n) is 4.13. The first-order chi connectivity index (χ1) is 13.8. The number of aryl methyl sites for hydroxylation is 2. The number of Topliss-reactive ketones (excluding diaryl/α,β-unsaturated/α-hetero) is 1. The number of amides is 1. The minimum atomic E-state index is -3.04. The first kappa shape index (κ1) is 22.0. The number of rotatable bonds is 9. The molecule has 0 saturated heterocycles. The van der Waals surface area contributed by atoms with Crippen LogP contribution in [0.2, 0.25) is 0 Å². The highest BCUT2D eigenvalue weighted by Crippen LogP contribution is 2.25. The quantitative estimate of drug-likeness (QED) is 0.503. The Kier molecular flexibility index (Phi) is 7.82. The third-order valence-corrected chi connectivity index (χ3v) is 4.13. The maximum absolute atomic E-state index is 12.4. The Morgan fingerprint density at radius 1 is 1.00 bits per heavy atom. The molecule has 2 rings (SSSR count). The van der Waals surface area contributed by atoms with Crippen LogP contribution in [-0.4, -0.2) is 30.9 Å². The molecule has 0 saturated carbocycles. The minimum Gasteiger partial charge on any atom is -0.456 e. The molecule has 0 aromatic heterocycles. The van der Waals surface area contributed by atoms with Crippen LogP contribution in [0.3, 0.4) is 0 Å². The van der Waals surface area contributed by atoms with Gasteiger partial charge in [0.2, 0.25) is 0 Å². The average molecular weight is 405 g/mol. The van der Waals surface area contributed by atoms with Crippen molar-refractivity contribution in [2.24, 2.45) is 0 Å². The molecule has 0 unspecified atom stereocenters. The van der Waals surface area contributed by atoms with Crippen LogP contribution in [0.5, 0.6) is 5.75 Å². The van der Waals surface area contributed by atoms with E-state index in [0.29, 0.717) is 5.56 Å². The van der Waals surface area contributed by atoms with Crippen molar-refractivity contribution >= 4 is 23.3 Å². The van der Waals surface area contributed by atoms with Crippen LogP contribution in [0, 0.1) is 13.8 Å². The summed E-state index contributed by atoms with van der Waals surface area (Å²) in [5.74, 6) is -1.84. The van der Waals surface area contributed by atoms with Gasteiger partial charge in [-0.05, 0) is 43.2 Å². The fourth-order valence-electron chi connectivity index (χ4n) is 2.45. The van der Waals surface area contributed by atoms with Gasteiger partial charge in [0.05, 0.1) is 12.1 Å². The number of alkyl halides is 2. The van der Waals surface area contributed by atoms with E-state index in [9.17, 15) is 23.2 Å². The summed E-state index contributed by atoms with van der Waals surface area (Å²) < 4.78 is 33.9. The highest BCUT2D eigenvalue weighted by atomic mass is 19.3. The summed E-state index contributed by atoms with van der Waals surface area (Å²) in [7, 11) is 0. The van der Waals surface area contributed by atoms with Crippen molar-refractivity contribution in [3.05, 3.63) is 59.2 Å². The predicted octanol–water partition coefficient (Wildman–Crippen LogP) is 4.05. The Labute approximate surface area is 166 Å². The molecule has 0 radical (unpaired) electrons. The topological polar surface area (TPSA) is 81.7 Å². The molecule has 0 aliphatic heterocycles. The van der Waals surface area contributed by atoms with Gasteiger partial charge in [0.15, 0.2) is 12.4 Å². The van der Waals surface area contributed by atoms with E-state index >= 15 is 0 Å². The number of benzene rings is 2. The highest BCUT2D eigenvalue weighted by molar-refractivity contribution is 5.98. The molecule has 154 valence electrons. The number of nitrogens with one attached hydrogen (secondary N) is 1. The number of esters is 1. The number of halogens is 2. The zero-order chi connectivity index (χ0) is 21.4. The number of ether oxygens (including phenoxy) is 2. The Morgan fingerprint density at radius 2 is 1.72 bits per heavy atom. The standard InChI is InChI=1S/C21H21F2NO5/c1-13-7-8-15(11-14(13)2)17(25)9-10-20(27)28-12-19(26)24-16-5-3-4-6-18(16)29-21(22)23/h3-8,11,21H,9-10,12H2,1-2H3,(H,24,26). The molecule has 2 aromatic rings. The monoisotopic (exact) mass is 405 g/mol. The molecule has 8 heteroatoms. The van der Waals surface area contributed by atoms with Crippen LogP contribution in [0.4, 0.5) is 14.5 Å². The van der Waals surface area contributed by atoms with Gasteiger partial charge in [-0.1, -0.05) is 24.3 Å². The zero-order valence-electron chi connectivity index (χ0n) is 16.0. The van der Waals surface area contributed by atoms with Crippen molar-refractivity contribution in [3.63, 3.8) is 0 Å². The van der Waals surface area contributed by atoms with E-state index in [0.717, 1.165) is 11.1 Å². The second kappa shape index (κ2) is 10.3. The van der Waals surface area contributed by atoms with E-state index in [1.807, 2.05) is 19.9 Å². The van der Waals surface area contributed by atoms with Gasteiger partial charge in [-0.15, -0.1) is 0 Å². The van der Waals surface area contributed by atoms with Gasteiger partial charge in [-0.3, -0.25) is 14.4 Å². The molecular formula is C21H21F2NO5. The lowest BCUT2D eigenvalue weighted by molar-refractivity contribution is -0.147. The van der Waals surface area contributed by atoms with Crippen molar-refractivity contribution in [1.82, 2.24) is 0 Å². The number of carbonyl (C=O) groups excluding carboxylic acids is 3. The summed E-state index contributed by atoms with van der Waals surface area (Å²) in [6, 6.07) is 10.9. The van der Waals surface area contributed by atoms with Crippen molar-refractivity contribution in [1.29, 1.82) is 0 Å². The molecule has 0 fully saturated rings. The third kappa shape index (κ3) is 6.99. The molecule has 0 atom stereocenters. The molecule has 6 nitrogen and oxygen atoms in total. The molecule has 29 heavy (non-hydrogen) atoms. The Hall–Kier alpha value is -3.29. The van der Waals surface area contributed by atoms with E-state index in [2.05, 4.69) is 10.1 Å². The van der Waals surface area contributed by atoms with Gasteiger partial charge >= 0.3 is 12.6 Å². The average Bonchev–Trinajstić information content (AvgIpc) is 2.67. The Morgan fingerprint density at radius 3 is 2.41 bits per heavy atom.